The molecule has 0 spiro atoms. The molecule has 0 aliphatic heterocycles. The van der Waals surface area contributed by atoms with E-state index < -0.39 is 0 Å². The lowest BCUT2D eigenvalue weighted by Crippen LogP contribution is -1.93. The van der Waals surface area contributed by atoms with Crippen LogP contribution in [0.5, 0.6) is 0 Å². The fourth-order valence-corrected chi connectivity index (χ4v) is 1.46. The van der Waals surface area contributed by atoms with Gasteiger partial charge in [-0.15, -0.1) is 10.2 Å². The summed E-state index contributed by atoms with van der Waals surface area (Å²) in [6.07, 6.45) is 3.33. The van der Waals surface area contributed by atoms with Gasteiger partial charge < -0.3 is 0 Å². The summed E-state index contributed by atoms with van der Waals surface area (Å²) in [7, 11) is 0. The average molecular weight is 185 g/mol. The molecule has 0 radical (unpaired) electrons. The minimum Gasteiger partial charge on any atom is -0.277 e. The fraction of sp³-hybridized carbons (Fsp3) is 0.111. The second kappa shape index (κ2) is 2.47. The SMILES string of the molecule is Cc1ccc2c(ncc3nncn32)n1. The molecule has 3 rings (SSSR count). The quantitative estimate of drug-likeness (QED) is 0.524. The van der Waals surface area contributed by atoms with Crippen LogP contribution in [0.1, 0.15) is 5.69 Å². The van der Waals surface area contributed by atoms with Gasteiger partial charge in [-0.25, -0.2) is 9.97 Å². The molecule has 0 saturated heterocycles. The molecule has 0 aliphatic rings. The molecule has 0 saturated carbocycles. The molecule has 3 aromatic heterocycles. The van der Waals surface area contributed by atoms with E-state index in [0.29, 0.717) is 0 Å². The highest BCUT2D eigenvalue weighted by Crippen LogP contribution is 2.10. The van der Waals surface area contributed by atoms with Crippen molar-refractivity contribution in [2.24, 2.45) is 0 Å². The van der Waals surface area contributed by atoms with Crippen LogP contribution in [0.4, 0.5) is 0 Å². The van der Waals surface area contributed by atoms with Gasteiger partial charge in [-0.05, 0) is 19.1 Å². The first kappa shape index (κ1) is 7.37. The van der Waals surface area contributed by atoms with Crippen LogP contribution in [-0.4, -0.2) is 24.6 Å². The van der Waals surface area contributed by atoms with Crippen LogP contribution in [0.25, 0.3) is 16.8 Å². The van der Waals surface area contributed by atoms with Crippen LogP contribution >= 0.6 is 0 Å². The van der Waals surface area contributed by atoms with E-state index in [2.05, 4.69) is 20.2 Å². The molecule has 0 aromatic carbocycles. The molecule has 0 unspecified atom stereocenters. The number of aryl methyl sites for hydroxylation is 1. The van der Waals surface area contributed by atoms with Crippen molar-refractivity contribution in [3.8, 4) is 0 Å². The number of fused-ring (bicyclic) bond motifs is 3. The maximum Gasteiger partial charge on any atom is 0.179 e. The molecular weight excluding hydrogens is 178 g/mol. The van der Waals surface area contributed by atoms with Gasteiger partial charge in [0.25, 0.3) is 0 Å². The van der Waals surface area contributed by atoms with E-state index in [-0.39, 0.29) is 0 Å². The fourth-order valence-electron chi connectivity index (χ4n) is 1.46. The standard InChI is InChI=1S/C9H7N5/c1-6-2-3-7-9(12-6)10-4-8-13-11-5-14(7)8/h2-5H,1H3. The van der Waals surface area contributed by atoms with Crippen molar-refractivity contribution in [2.45, 2.75) is 6.92 Å². The zero-order chi connectivity index (χ0) is 9.54. The van der Waals surface area contributed by atoms with Gasteiger partial charge in [-0.1, -0.05) is 0 Å². The lowest BCUT2D eigenvalue weighted by atomic mass is 10.3. The van der Waals surface area contributed by atoms with Crippen molar-refractivity contribution in [3.63, 3.8) is 0 Å². The van der Waals surface area contributed by atoms with Crippen LogP contribution in [0.15, 0.2) is 24.7 Å². The summed E-state index contributed by atoms with van der Waals surface area (Å²) in [5.74, 6) is 0. The smallest absolute Gasteiger partial charge is 0.179 e. The van der Waals surface area contributed by atoms with E-state index >= 15 is 0 Å². The monoisotopic (exact) mass is 185 g/mol. The summed E-state index contributed by atoms with van der Waals surface area (Å²) in [4.78, 5) is 8.53. The molecule has 14 heavy (non-hydrogen) atoms. The highest BCUT2D eigenvalue weighted by Gasteiger charge is 2.02. The molecule has 0 fully saturated rings. The number of hydrogen-bond donors (Lipinski definition) is 0. The zero-order valence-electron chi connectivity index (χ0n) is 7.55. The summed E-state index contributed by atoms with van der Waals surface area (Å²) in [6.45, 7) is 1.94. The Morgan fingerprint density at radius 1 is 1.29 bits per heavy atom. The number of pyridine rings is 1. The first-order valence-corrected chi connectivity index (χ1v) is 4.27. The maximum absolute atomic E-state index is 4.32. The highest BCUT2D eigenvalue weighted by molar-refractivity contribution is 5.73. The third-order valence-electron chi connectivity index (χ3n) is 2.13. The van der Waals surface area contributed by atoms with Crippen LogP contribution in [-0.2, 0) is 0 Å². The lowest BCUT2D eigenvalue weighted by Gasteiger charge is -1.99. The summed E-state index contributed by atoms with van der Waals surface area (Å²) >= 11 is 0. The Kier molecular flexibility index (Phi) is 1.30. The molecule has 5 nitrogen and oxygen atoms in total. The number of hydrogen-bond acceptors (Lipinski definition) is 4. The maximum atomic E-state index is 4.32. The minimum absolute atomic E-state index is 0.720. The van der Waals surface area contributed by atoms with Gasteiger partial charge in [0, 0.05) is 5.69 Å². The minimum atomic E-state index is 0.720. The average Bonchev–Trinajstić information content (AvgIpc) is 2.65. The molecule has 0 amide bonds. The van der Waals surface area contributed by atoms with E-state index in [9.17, 15) is 0 Å². The molecule has 3 aromatic rings. The van der Waals surface area contributed by atoms with Crippen molar-refractivity contribution in [2.75, 3.05) is 0 Å². The Hall–Kier alpha value is -2.04. The molecule has 68 valence electrons. The number of nitrogens with zero attached hydrogens (tertiary/aromatic N) is 5. The van der Waals surface area contributed by atoms with Crippen molar-refractivity contribution in [3.05, 3.63) is 30.4 Å². The van der Waals surface area contributed by atoms with Gasteiger partial charge in [0.2, 0.25) is 0 Å². The van der Waals surface area contributed by atoms with E-state index in [1.165, 1.54) is 0 Å². The van der Waals surface area contributed by atoms with E-state index in [0.717, 1.165) is 22.5 Å². The molecule has 3 heterocycles. The van der Waals surface area contributed by atoms with Crippen LogP contribution < -0.4 is 0 Å². The lowest BCUT2D eigenvalue weighted by molar-refractivity contribution is 1.11. The van der Waals surface area contributed by atoms with Crippen molar-refractivity contribution < 1.29 is 0 Å². The first-order valence-electron chi connectivity index (χ1n) is 4.27. The highest BCUT2D eigenvalue weighted by atomic mass is 15.2. The third kappa shape index (κ3) is 0.891. The van der Waals surface area contributed by atoms with Gasteiger partial charge in [-0.3, -0.25) is 4.40 Å². The van der Waals surface area contributed by atoms with Crippen molar-refractivity contribution in [1.29, 1.82) is 0 Å². The van der Waals surface area contributed by atoms with E-state index in [1.807, 2.05) is 23.5 Å². The van der Waals surface area contributed by atoms with Crippen LogP contribution in [0, 0.1) is 6.92 Å². The second-order valence-corrected chi connectivity index (χ2v) is 3.11. The Balaban J connectivity index is 2.57. The molecule has 0 bridgehead atoms. The molecule has 0 atom stereocenters. The third-order valence-corrected chi connectivity index (χ3v) is 2.13. The van der Waals surface area contributed by atoms with Crippen molar-refractivity contribution >= 4 is 16.8 Å². The predicted molar refractivity (Wildman–Crippen MR) is 50.8 cm³/mol. The summed E-state index contributed by atoms with van der Waals surface area (Å²) in [5, 5.41) is 7.73. The first-order chi connectivity index (χ1) is 6.84. The Labute approximate surface area is 79.4 Å². The normalized spacial score (nSPS) is 11.2. The van der Waals surface area contributed by atoms with Gasteiger partial charge in [0.15, 0.2) is 11.3 Å². The zero-order valence-corrected chi connectivity index (χ0v) is 7.55. The summed E-state index contributed by atoms with van der Waals surface area (Å²) < 4.78 is 1.87. The molecular formula is C9H7N5. The summed E-state index contributed by atoms with van der Waals surface area (Å²) in [5.41, 5.74) is 3.34. The Morgan fingerprint density at radius 3 is 3.14 bits per heavy atom. The molecule has 0 aliphatic carbocycles. The van der Waals surface area contributed by atoms with Gasteiger partial charge in [-0.2, -0.15) is 0 Å². The Bertz CT molecular complexity index is 613. The van der Waals surface area contributed by atoms with Gasteiger partial charge in [0.05, 0.1) is 11.7 Å². The van der Waals surface area contributed by atoms with Gasteiger partial charge >= 0.3 is 0 Å². The van der Waals surface area contributed by atoms with Gasteiger partial charge in [0.1, 0.15) is 6.33 Å². The Morgan fingerprint density at radius 2 is 2.21 bits per heavy atom. The second-order valence-electron chi connectivity index (χ2n) is 3.11. The summed E-state index contributed by atoms with van der Waals surface area (Å²) in [6, 6.07) is 3.92. The topological polar surface area (TPSA) is 56.0 Å². The van der Waals surface area contributed by atoms with E-state index in [4.69, 9.17) is 0 Å². The molecule has 5 heteroatoms. The largest absolute Gasteiger partial charge is 0.277 e. The predicted octanol–water partition coefficient (Wildman–Crippen LogP) is 0.981. The van der Waals surface area contributed by atoms with Crippen LogP contribution in [0.3, 0.4) is 0 Å². The van der Waals surface area contributed by atoms with Crippen LogP contribution in [0.2, 0.25) is 0 Å². The van der Waals surface area contributed by atoms with E-state index in [1.54, 1.807) is 12.5 Å². The number of aromatic nitrogens is 5. The molecule has 0 N–H and O–H groups in total. The number of rotatable bonds is 0. The van der Waals surface area contributed by atoms with Crippen molar-refractivity contribution in [1.82, 2.24) is 24.6 Å².